The Morgan fingerprint density at radius 1 is 0.944 bits per heavy atom. The first-order chi connectivity index (χ1) is 26.2. The summed E-state index contributed by atoms with van der Waals surface area (Å²) >= 11 is 0. The number of H-pyrrole nitrogens is 1. The van der Waals surface area contributed by atoms with Crippen LogP contribution in [-0.4, -0.2) is 80.2 Å². The molecule has 2 aliphatic heterocycles. The molecule has 6 aromatic rings. The molecule has 12 heteroatoms. The summed E-state index contributed by atoms with van der Waals surface area (Å²) in [7, 11) is 1.83. The van der Waals surface area contributed by atoms with Crippen molar-refractivity contribution in [2.24, 2.45) is 7.05 Å². The average Bonchev–Trinajstić information content (AvgIpc) is 3.79. The van der Waals surface area contributed by atoms with Gasteiger partial charge < -0.3 is 19.1 Å². The zero-order chi connectivity index (χ0) is 37.3. The van der Waals surface area contributed by atoms with E-state index in [0.717, 1.165) is 35.1 Å². The van der Waals surface area contributed by atoms with Crippen LogP contribution in [0.2, 0.25) is 0 Å². The summed E-state index contributed by atoms with van der Waals surface area (Å²) in [5.41, 5.74) is 7.05. The summed E-state index contributed by atoms with van der Waals surface area (Å²) < 4.78 is 7.44. The van der Waals surface area contributed by atoms with Gasteiger partial charge in [0.25, 0.3) is 17.5 Å². The van der Waals surface area contributed by atoms with Crippen LogP contribution < -0.4 is 4.90 Å². The first kappa shape index (κ1) is 34.9. The Morgan fingerprint density at radius 2 is 1.70 bits per heavy atom. The molecule has 8 rings (SSSR count). The molecule has 4 heterocycles. The Balaban J connectivity index is 1.19. The van der Waals surface area contributed by atoms with E-state index in [-0.39, 0.29) is 23.5 Å². The van der Waals surface area contributed by atoms with E-state index >= 15 is 0 Å². The van der Waals surface area contributed by atoms with E-state index in [0.29, 0.717) is 73.0 Å². The minimum atomic E-state index is -0.453. The molecule has 2 amide bonds. The van der Waals surface area contributed by atoms with E-state index in [1.807, 2.05) is 84.1 Å². The molecule has 1 atom stereocenters. The van der Waals surface area contributed by atoms with Crippen LogP contribution in [0.5, 0.6) is 0 Å². The van der Waals surface area contributed by atoms with Crippen LogP contribution in [0.1, 0.15) is 43.1 Å². The van der Waals surface area contributed by atoms with Crippen LogP contribution in [-0.2, 0) is 31.3 Å². The van der Waals surface area contributed by atoms with Gasteiger partial charge >= 0.3 is 0 Å². The monoisotopic (exact) mass is 723 g/mol. The van der Waals surface area contributed by atoms with Crippen molar-refractivity contribution in [3.05, 3.63) is 147 Å². The number of aromatic amines is 1. The largest absolute Gasteiger partial charge is 0.379 e. The Hall–Kier alpha value is -6.11. The third-order valence-electron chi connectivity index (χ3n) is 10.8. The van der Waals surface area contributed by atoms with Gasteiger partial charge in [-0.3, -0.25) is 29.7 Å². The molecule has 12 nitrogen and oxygen atoms in total. The molecular formula is C42H41N7O5. The number of carbonyl (C=O) groups is 2. The topological polar surface area (TPSA) is 130 Å². The van der Waals surface area contributed by atoms with Crippen LogP contribution in [0, 0.1) is 17.0 Å². The lowest BCUT2D eigenvalue weighted by Crippen LogP contribution is -2.52. The molecule has 0 aliphatic carbocycles. The van der Waals surface area contributed by atoms with Crippen molar-refractivity contribution in [3.63, 3.8) is 0 Å². The Morgan fingerprint density at radius 3 is 2.48 bits per heavy atom. The zero-order valence-corrected chi connectivity index (χ0v) is 30.3. The van der Waals surface area contributed by atoms with Crippen LogP contribution in [0.15, 0.2) is 103 Å². The van der Waals surface area contributed by atoms with Crippen LogP contribution in [0.3, 0.4) is 0 Å². The van der Waals surface area contributed by atoms with Crippen molar-refractivity contribution in [1.82, 2.24) is 24.6 Å². The molecule has 0 radical (unpaired) electrons. The number of benzene rings is 4. The van der Waals surface area contributed by atoms with Gasteiger partial charge in [0.15, 0.2) is 0 Å². The molecule has 1 N–H and O–H groups in total. The van der Waals surface area contributed by atoms with E-state index in [1.165, 1.54) is 17.7 Å². The predicted molar refractivity (Wildman–Crippen MR) is 206 cm³/mol. The molecule has 1 fully saturated rings. The summed E-state index contributed by atoms with van der Waals surface area (Å²) in [5.74, 6) is -0.448. The van der Waals surface area contributed by atoms with E-state index in [9.17, 15) is 19.7 Å². The number of aromatic nitrogens is 3. The third kappa shape index (κ3) is 6.77. The van der Waals surface area contributed by atoms with Crippen molar-refractivity contribution in [1.29, 1.82) is 0 Å². The summed E-state index contributed by atoms with van der Waals surface area (Å²) in [4.78, 5) is 47.3. The second-order valence-corrected chi connectivity index (χ2v) is 14.1. The molecule has 0 spiro atoms. The highest BCUT2D eigenvalue weighted by Gasteiger charge is 2.34. The van der Waals surface area contributed by atoms with Gasteiger partial charge in [0.2, 0.25) is 0 Å². The number of amides is 2. The quantitative estimate of drug-likeness (QED) is 0.133. The number of fused-ring (bicyclic) bond motifs is 2. The molecule has 2 aliphatic rings. The number of nitrogens with zero attached hydrogens (tertiary/aromatic N) is 6. The highest BCUT2D eigenvalue weighted by Crippen LogP contribution is 2.35. The lowest BCUT2D eigenvalue weighted by molar-refractivity contribution is -0.384. The lowest BCUT2D eigenvalue weighted by atomic mass is 9.92. The van der Waals surface area contributed by atoms with Crippen LogP contribution in [0.25, 0.3) is 22.2 Å². The van der Waals surface area contributed by atoms with Gasteiger partial charge in [-0.05, 0) is 60.4 Å². The number of nitro groups is 1. The molecule has 274 valence electrons. The number of anilines is 1. The number of non-ortho nitro benzene ring substituents is 1. The molecule has 54 heavy (non-hydrogen) atoms. The van der Waals surface area contributed by atoms with Gasteiger partial charge in [0.1, 0.15) is 0 Å². The molecule has 4 aromatic carbocycles. The maximum atomic E-state index is 14.9. The van der Waals surface area contributed by atoms with Gasteiger partial charge in [-0.1, -0.05) is 54.6 Å². The number of ether oxygens (including phenoxy) is 1. The number of morpholine rings is 1. The van der Waals surface area contributed by atoms with Crippen molar-refractivity contribution in [2.75, 3.05) is 37.7 Å². The highest BCUT2D eigenvalue weighted by atomic mass is 16.6. The van der Waals surface area contributed by atoms with E-state index < -0.39 is 4.92 Å². The lowest BCUT2D eigenvalue weighted by Gasteiger charge is -2.40. The second kappa shape index (κ2) is 14.7. The fourth-order valence-electron chi connectivity index (χ4n) is 7.73. The fourth-order valence-corrected chi connectivity index (χ4v) is 7.73. The van der Waals surface area contributed by atoms with E-state index in [4.69, 9.17) is 4.74 Å². The first-order valence-electron chi connectivity index (χ1n) is 18.2. The van der Waals surface area contributed by atoms with Gasteiger partial charge in [0, 0.05) is 85.0 Å². The number of hydrogen-bond acceptors (Lipinski definition) is 7. The van der Waals surface area contributed by atoms with Gasteiger partial charge in [0.05, 0.1) is 42.0 Å². The van der Waals surface area contributed by atoms with Crippen molar-refractivity contribution >= 4 is 34.1 Å². The summed E-state index contributed by atoms with van der Waals surface area (Å²) in [6.07, 6.45) is 2.43. The molecule has 0 bridgehead atoms. The van der Waals surface area contributed by atoms with Gasteiger partial charge in [-0.2, -0.15) is 5.10 Å². The normalized spacial score (nSPS) is 16.0. The Bertz CT molecular complexity index is 2360. The van der Waals surface area contributed by atoms with E-state index in [2.05, 4.69) is 27.2 Å². The summed E-state index contributed by atoms with van der Waals surface area (Å²) in [5, 5.41) is 20.2. The number of nitro benzene ring substituents is 1. The number of carbonyl (C=O) groups excluding carboxylic acids is 2. The average molecular weight is 724 g/mol. The molecule has 1 unspecified atom stereocenters. The maximum Gasteiger partial charge on any atom is 0.270 e. The van der Waals surface area contributed by atoms with Gasteiger partial charge in [-0.15, -0.1) is 0 Å². The summed E-state index contributed by atoms with van der Waals surface area (Å²) in [6, 6.07) is 29.8. The fraction of sp³-hybridized carbons (Fsp3) is 0.262. The smallest absolute Gasteiger partial charge is 0.270 e. The SMILES string of the molecule is Cc1c(C(=O)N(Cc2ccccc2)c2ccc3[nH]ncc3c2)cc(-c2cc([N+](=O)[O-])ccc2C(=O)N2Cc3ccccc3CC2CN2CCOCC2)n1C. The number of hydrogen-bond donors (Lipinski definition) is 1. The molecule has 1 saturated heterocycles. The zero-order valence-electron chi connectivity index (χ0n) is 30.3. The molecular weight excluding hydrogens is 683 g/mol. The summed E-state index contributed by atoms with van der Waals surface area (Å²) in [6.45, 7) is 6.17. The van der Waals surface area contributed by atoms with Crippen LogP contribution >= 0.6 is 0 Å². The highest BCUT2D eigenvalue weighted by molar-refractivity contribution is 6.09. The Labute approximate surface area is 312 Å². The standard InChI is InChI=1S/C42H41N7O5/c1-28-37(42(51)47(25-29-8-4-3-5-9-29)33-13-15-39-32(21-33)24-43-44-39)23-40(45(28)2)38-22-34(49(52)53)12-14-36(38)41(50)48-26-31-11-7-6-10-30(31)20-35(48)27-46-16-18-54-19-17-46/h3-15,21-24,35H,16-20,25-27H2,1-2H3,(H,43,44). The first-order valence-corrected chi connectivity index (χ1v) is 18.2. The minimum Gasteiger partial charge on any atom is -0.379 e. The molecule has 2 aromatic heterocycles. The van der Waals surface area contributed by atoms with Crippen molar-refractivity contribution < 1.29 is 19.2 Å². The number of nitrogens with one attached hydrogen (secondary N) is 1. The third-order valence-corrected chi connectivity index (χ3v) is 10.8. The molecule has 0 saturated carbocycles. The van der Waals surface area contributed by atoms with Gasteiger partial charge in [-0.25, -0.2) is 0 Å². The number of rotatable bonds is 9. The van der Waals surface area contributed by atoms with Crippen molar-refractivity contribution in [3.8, 4) is 11.3 Å². The van der Waals surface area contributed by atoms with Crippen LogP contribution in [0.4, 0.5) is 11.4 Å². The van der Waals surface area contributed by atoms with E-state index in [1.54, 1.807) is 23.2 Å². The second-order valence-electron chi connectivity index (χ2n) is 14.1. The predicted octanol–water partition coefficient (Wildman–Crippen LogP) is 6.53. The van der Waals surface area contributed by atoms with Crippen molar-refractivity contribution in [2.45, 2.75) is 32.5 Å². The minimum absolute atomic E-state index is 0.111. The maximum absolute atomic E-state index is 14.9. The Kier molecular flexibility index (Phi) is 9.53.